The minimum atomic E-state index is -0.781. The largest absolute Gasteiger partial charge is 0.324 e. The number of amides is 2. The Kier molecular flexibility index (Phi) is 6.03. The number of carbonyl (C=O) groups is 2. The molecule has 3 aliphatic rings. The highest BCUT2D eigenvalue weighted by Gasteiger charge is 2.61. The number of nitrogens with one attached hydrogen (secondary N) is 1. The predicted octanol–water partition coefficient (Wildman–Crippen LogP) is 7.21. The van der Waals surface area contributed by atoms with Gasteiger partial charge in [-0.15, -0.1) is 11.8 Å². The lowest BCUT2D eigenvalue weighted by molar-refractivity contribution is -0.122. The van der Waals surface area contributed by atoms with Gasteiger partial charge in [-0.1, -0.05) is 61.7 Å². The third kappa shape index (κ3) is 3.78. The maximum Gasteiger partial charge on any atom is 0.245 e. The molecular formula is C27H21Br2ClN2O2S. The predicted molar refractivity (Wildman–Crippen MR) is 149 cm³/mol. The van der Waals surface area contributed by atoms with Crippen LogP contribution in [-0.4, -0.2) is 24.1 Å². The van der Waals surface area contributed by atoms with E-state index < -0.39 is 4.75 Å². The molecule has 4 atom stereocenters. The normalized spacial score (nSPS) is 27.5. The first-order chi connectivity index (χ1) is 16.9. The summed E-state index contributed by atoms with van der Waals surface area (Å²) in [5.41, 5.74) is 3.83. The minimum Gasteiger partial charge on any atom is -0.324 e. The monoisotopic (exact) mass is 630 g/mol. The van der Waals surface area contributed by atoms with Crippen molar-refractivity contribution in [2.75, 3.05) is 22.5 Å². The molecule has 2 amide bonds. The summed E-state index contributed by atoms with van der Waals surface area (Å²) in [5, 5.41) is 3.81. The molecule has 1 spiro atoms. The summed E-state index contributed by atoms with van der Waals surface area (Å²) in [6.07, 6.45) is 0.466. The van der Waals surface area contributed by atoms with Gasteiger partial charge in [0.05, 0.1) is 0 Å². The van der Waals surface area contributed by atoms with Crippen LogP contribution < -0.4 is 10.2 Å². The first-order valence-corrected chi connectivity index (χ1v) is 14.4. The van der Waals surface area contributed by atoms with Gasteiger partial charge in [-0.05, 0) is 71.7 Å². The Balaban J connectivity index is 1.51. The van der Waals surface area contributed by atoms with Crippen molar-refractivity contribution in [1.29, 1.82) is 0 Å². The summed E-state index contributed by atoms with van der Waals surface area (Å²) < 4.78 is 1.15. The van der Waals surface area contributed by atoms with E-state index in [1.54, 1.807) is 11.8 Å². The fraction of sp³-hybridized carbons (Fsp3) is 0.259. The van der Waals surface area contributed by atoms with Gasteiger partial charge in [-0.3, -0.25) is 9.59 Å². The summed E-state index contributed by atoms with van der Waals surface area (Å²) in [6.45, 7) is 0.557. The Morgan fingerprint density at radius 3 is 2.49 bits per heavy atom. The van der Waals surface area contributed by atoms with E-state index in [2.05, 4.69) is 49.3 Å². The van der Waals surface area contributed by atoms with Gasteiger partial charge in [0.25, 0.3) is 0 Å². The molecule has 0 unspecified atom stereocenters. The molecule has 1 N–H and O–H groups in total. The van der Waals surface area contributed by atoms with Crippen LogP contribution in [0, 0.1) is 11.8 Å². The number of piperidine rings is 1. The first kappa shape index (κ1) is 23.6. The van der Waals surface area contributed by atoms with Crippen LogP contribution in [0.1, 0.15) is 23.5 Å². The van der Waals surface area contributed by atoms with E-state index in [4.69, 9.17) is 11.6 Å². The molecule has 35 heavy (non-hydrogen) atoms. The third-order valence-corrected chi connectivity index (χ3v) is 10.6. The van der Waals surface area contributed by atoms with Gasteiger partial charge in [0.15, 0.2) is 0 Å². The van der Waals surface area contributed by atoms with Crippen molar-refractivity contribution in [2.45, 2.75) is 17.1 Å². The molecule has 0 aliphatic carbocycles. The Hall–Kier alpha value is -1.80. The Bertz CT molecular complexity index is 1330. The molecule has 3 aromatic carbocycles. The molecular weight excluding hydrogens is 612 g/mol. The van der Waals surface area contributed by atoms with Crippen LogP contribution in [0.3, 0.4) is 0 Å². The van der Waals surface area contributed by atoms with E-state index in [-0.39, 0.29) is 29.6 Å². The van der Waals surface area contributed by atoms with Crippen LogP contribution in [0.25, 0.3) is 0 Å². The quantitative estimate of drug-likeness (QED) is 0.325. The number of hydrogen-bond donors (Lipinski definition) is 1. The summed E-state index contributed by atoms with van der Waals surface area (Å²) in [4.78, 5) is 29.0. The average Bonchev–Trinajstić information content (AvgIpc) is 3.13. The fourth-order valence-corrected chi connectivity index (χ4v) is 9.01. The van der Waals surface area contributed by atoms with Crippen LogP contribution in [0.15, 0.2) is 75.7 Å². The third-order valence-electron chi connectivity index (χ3n) is 7.47. The number of nitrogens with zero attached hydrogens (tertiary/aromatic N) is 1. The minimum absolute atomic E-state index is 0.0192. The molecule has 3 aliphatic heterocycles. The fourth-order valence-electron chi connectivity index (χ4n) is 5.93. The van der Waals surface area contributed by atoms with E-state index in [0.717, 1.165) is 37.2 Å². The summed E-state index contributed by atoms with van der Waals surface area (Å²) in [5.74, 6) is 1.08. The standard InChI is InChI=1S/C27H21Br2ClN2O2S/c28-17-6-4-15(5-7-17)24-20-13-32(19-10-8-18(30)9-11-19)23(33)12-16(20)14-35-27(24)25-21(29)2-1-3-22(25)31-26(27)34/h1-11,16,20,24H,12-14H2,(H,31,34)/t16-,20+,24-,27-/m1/s1. The molecule has 4 nitrogen and oxygen atoms in total. The second-order valence-electron chi connectivity index (χ2n) is 9.30. The van der Waals surface area contributed by atoms with Crippen molar-refractivity contribution in [3.63, 3.8) is 0 Å². The smallest absolute Gasteiger partial charge is 0.245 e. The van der Waals surface area contributed by atoms with Crippen LogP contribution in [0.4, 0.5) is 11.4 Å². The number of rotatable bonds is 2. The highest BCUT2D eigenvalue weighted by molar-refractivity contribution is 9.10. The van der Waals surface area contributed by atoms with E-state index >= 15 is 0 Å². The van der Waals surface area contributed by atoms with E-state index in [9.17, 15) is 9.59 Å². The highest BCUT2D eigenvalue weighted by atomic mass is 79.9. The zero-order valence-corrected chi connectivity index (χ0v) is 23.3. The topological polar surface area (TPSA) is 49.4 Å². The van der Waals surface area contributed by atoms with Crippen molar-refractivity contribution in [3.8, 4) is 0 Å². The van der Waals surface area contributed by atoms with E-state index in [1.807, 2.05) is 59.5 Å². The molecule has 0 bridgehead atoms. The number of thioether (sulfide) groups is 1. The van der Waals surface area contributed by atoms with Gasteiger partial charge in [0, 0.05) is 49.8 Å². The van der Waals surface area contributed by atoms with Gasteiger partial charge in [-0.25, -0.2) is 0 Å². The highest BCUT2D eigenvalue weighted by Crippen LogP contribution is 2.64. The van der Waals surface area contributed by atoms with Crippen LogP contribution >= 0.6 is 55.2 Å². The lowest BCUT2D eigenvalue weighted by atomic mass is 9.66. The number of benzene rings is 3. The SMILES string of the molecule is O=C1C[C@@H]2CS[C@]3(C(=O)Nc4cccc(Br)c43)[C@H](c3ccc(Br)cc3)[C@H]2CN1c1ccc(Cl)cc1. The average molecular weight is 633 g/mol. The zero-order chi connectivity index (χ0) is 24.3. The molecule has 3 aromatic rings. The van der Waals surface area contributed by atoms with Gasteiger partial charge in [-0.2, -0.15) is 0 Å². The first-order valence-electron chi connectivity index (χ1n) is 11.4. The molecule has 2 fully saturated rings. The number of anilines is 2. The molecule has 6 rings (SSSR count). The molecule has 2 saturated heterocycles. The maximum atomic E-state index is 13.9. The Labute approximate surface area is 230 Å². The van der Waals surface area contributed by atoms with E-state index in [0.29, 0.717) is 18.0 Å². The summed E-state index contributed by atoms with van der Waals surface area (Å²) in [6, 6.07) is 21.7. The lowest BCUT2D eigenvalue weighted by Crippen LogP contribution is -2.55. The van der Waals surface area contributed by atoms with Crippen molar-refractivity contribution in [3.05, 3.63) is 91.8 Å². The van der Waals surface area contributed by atoms with Crippen molar-refractivity contribution < 1.29 is 9.59 Å². The number of carbonyl (C=O) groups excluding carboxylic acids is 2. The Morgan fingerprint density at radius 2 is 1.74 bits per heavy atom. The molecule has 0 aromatic heterocycles. The zero-order valence-electron chi connectivity index (χ0n) is 18.5. The lowest BCUT2D eigenvalue weighted by Gasteiger charge is -2.52. The maximum absolute atomic E-state index is 13.9. The van der Waals surface area contributed by atoms with Gasteiger partial charge >= 0.3 is 0 Å². The number of fused-ring (bicyclic) bond motifs is 3. The van der Waals surface area contributed by atoms with Gasteiger partial charge < -0.3 is 10.2 Å². The molecule has 178 valence electrons. The summed E-state index contributed by atoms with van der Waals surface area (Å²) in [7, 11) is 0. The van der Waals surface area contributed by atoms with Gasteiger partial charge in [0.1, 0.15) is 4.75 Å². The molecule has 3 heterocycles. The number of hydrogen-bond acceptors (Lipinski definition) is 3. The van der Waals surface area contributed by atoms with Crippen LogP contribution in [-0.2, 0) is 14.3 Å². The molecule has 0 saturated carbocycles. The summed E-state index contributed by atoms with van der Waals surface area (Å²) >= 11 is 15.1. The van der Waals surface area contributed by atoms with Crippen LogP contribution in [0.5, 0.6) is 0 Å². The van der Waals surface area contributed by atoms with Crippen molar-refractivity contribution in [2.24, 2.45) is 11.8 Å². The van der Waals surface area contributed by atoms with Gasteiger partial charge in [0.2, 0.25) is 11.8 Å². The number of halogens is 3. The second kappa shape index (κ2) is 8.94. The molecule has 8 heteroatoms. The van der Waals surface area contributed by atoms with Crippen molar-refractivity contribution in [1.82, 2.24) is 0 Å². The van der Waals surface area contributed by atoms with Crippen molar-refractivity contribution >= 4 is 78.4 Å². The van der Waals surface area contributed by atoms with E-state index in [1.165, 1.54) is 0 Å². The second-order valence-corrected chi connectivity index (χ2v) is 12.8. The molecule has 0 radical (unpaired) electrons. The Morgan fingerprint density at radius 1 is 1.00 bits per heavy atom. The van der Waals surface area contributed by atoms with Crippen LogP contribution in [0.2, 0.25) is 5.02 Å².